The van der Waals surface area contributed by atoms with Crippen molar-refractivity contribution in [1.29, 1.82) is 10.5 Å². The van der Waals surface area contributed by atoms with E-state index in [1.165, 1.54) is 11.8 Å². The van der Waals surface area contributed by atoms with Gasteiger partial charge in [-0.3, -0.25) is 0 Å². The molecule has 0 spiro atoms. The Labute approximate surface area is 115 Å². The van der Waals surface area contributed by atoms with E-state index in [1.54, 1.807) is 12.2 Å². The van der Waals surface area contributed by atoms with Crippen molar-refractivity contribution < 1.29 is 0 Å². The van der Waals surface area contributed by atoms with Crippen LogP contribution in [0.4, 0.5) is 0 Å². The van der Waals surface area contributed by atoms with Gasteiger partial charge in [-0.2, -0.15) is 10.5 Å². The van der Waals surface area contributed by atoms with Crippen LogP contribution in [-0.2, 0) is 0 Å². The number of rotatable bonds is 2. The molecule has 0 saturated carbocycles. The Morgan fingerprint density at radius 1 is 1.22 bits per heavy atom. The molecule has 0 heterocycles. The second-order valence-electron chi connectivity index (χ2n) is 3.85. The predicted molar refractivity (Wildman–Crippen MR) is 72.9 cm³/mol. The minimum Gasteiger partial charge on any atom is -0.196 e. The van der Waals surface area contributed by atoms with Gasteiger partial charge in [0.25, 0.3) is 0 Å². The Morgan fingerprint density at radius 3 is 2.56 bits per heavy atom. The lowest BCUT2D eigenvalue weighted by Gasteiger charge is -2.21. The summed E-state index contributed by atoms with van der Waals surface area (Å²) in [4.78, 5) is 0.840. The minimum atomic E-state index is -1.03. The molecule has 1 aliphatic rings. The van der Waals surface area contributed by atoms with Crippen LogP contribution in [-0.4, -0.2) is 4.87 Å². The zero-order valence-corrected chi connectivity index (χ0v) is 11.0. The van der Waals surface area contributed by atoms with Crippen LogP contribution in [0.5, 0.6) is 0 Å². The standard InChI is InChI=1S/C14H9ClN2S/c15-14(10-17)7-6-11(9-16)13(8-14)18-12-4-2-1-3-5-12/h1-7H,8H2. The van der Waals surface area contributed by atoms with Crippen molar-refractivity contribution in [3.63, 3.8) is 0 Å². The maximum atomic E-state index is 9.08. The highest BCUT2D eigenvalue weighted by molar-refractivity contribution is 8.03. The number of halogens is 1. The molecule has 18 heavy (non-hydrogen) atoms. The zero-order chi connectivity index (χ0) is 13.0. The molecule has 0 N–H and O–H groups in total. The van der Waals surface area contributed by atoms with E-state index in [0.29, 0.717) is 12.0 Å². The van der Waals surface area contributed by atoms with Crippen molar-refractivity contribution in [1.82, 2.24) is 0 Å². The van der Waals surface area contributed by atoms with Gasteiger partial charge in [0.15, 0.2) is 4.87 Å². The summed E-state index contributed by atoms with van der Waals surface area (Å²) in [5.74, 6) is 0. The molecule has 0 amide bonds. The summed E-state index contributed by atoms with van der Waals surface area (Å²) in [5.41, 5.74) is 0.579. The summed E-state index contributed by atoms with van der Waals surface area (Å²) in [6, 6.07) is 13.9. The van der Waals surface area contributed by atoms with Gasteiger partial charge >= 0.3 is 0 Å². The highest BCUT2D eigenvalue weighted by Gasteiger charge is 2.30. The van der Waals surface area contributed by atoms with E-state index in [2.05, 4.69) is 12.1 Å². The monoisotopic (exact) mass is 272 g/mol. The summed E-state index contributed by atoms with van der Waals surface area (Å²) < 4.78 is 0. The van der Waals surface area contributed by atoms with Crippen LogP contribution in [0.2, 0.25) is 0 Å². The SMILES string of the molecule is N#CC1=C(Sc2ccccc2)CC(Cl)(C#N)C=C1. The number of benzene rings is 1. The molecule has 1 unspecified atom stereocenters. The van der Waals surface area contributed by atoms with Gasteiger partial charge in [0.1, 0.15) is 0 Å². The van der Waals surface area contributed by atoms with Crippen molar-refractivity contribution >= 4 is 23.4 Å². The largest absolute Gasteiger partial charge is 0.196 e. The summed E-state index contributed by atoms with van der Waals surface area (Å²) >= 11 is 7.62. The third-order valence-electron chi connectivity index (χ3n) is 2.52. The smallest absolute Gasteiger partial charge is 0.154 e. The van der Waals surface area contributed by atoms with Crippen LogP contribution < -0.4 is 0 Å². The predicted octanol–water partition coefficient (Wildman–Crippen LogP) is 4.02. The van der Waals surface area contributed by atoms with E-state index in [-0.39, 0.29) is 0 Å². The Morgan fingerprint density at radius 2 is 1.94 bits per heavy atom. The summed E-state index contributed by atoms with van der Waals surface area (Å²) in [6.45, 7) is 0. The number of alkyl halides is 1. The molecule has 0 aliphatic heterocycles. The Bertz CT molecular complexity index is 592. The average Bonchev–Trinajstić information content (AvgIpc) is 2.40. The maximum absolute atomic E-state index is 9.08. The van der Waals surface area contributed by atoms with E-state index >= 15 is 0 Å². The number of hydrogen-bond donors (Lipinski definition) is 0. The van der Waals surface area contributed by atoms with Crippen LogP contribution in [0.1, 0.15) is 6.42 Å². The van der Waals surface area contributed by atoms with E-state index < -0.39 is 4.87 Å². The fourth-order valence-electron chi connectivity index (χ4n) is 1.59. The van der Waals surface area contributed by atoms with E-state index in [1.807, 2.05) is 30.3 Å². The van der Waals surface area contributed by atoms with Gasteiger partial charge < -0.3 is 0 Å². The molecule has 0 saturated heterocycles. The van der Waals surface area contributed by atoms with Crippen molar-refractivity contribution in [2.45, 2.75) is 16.2 Å². The number of nitrogens with zero attached hydrogens (tertiary/aromatic N) is 2. The van der Waals surface area contributed by atoms with Gasteiger partial charge in [0.05, 0.1) is 17.7 Å². The molecule has 0 aromatic heterocycles. The molecule has 1 aromatic carbocycles. The topological polar surface area (TPSA) is 47.6 Å². The molecular formula is C14H9ClN2S. The molecule has 88 valence electrons. The maximum Gasteiger partial charge on any atom is 0.154 e. The zero-order valence-electron chi connectivity index (χ0n) is 9.43. The first-order valence-corrected chi connectivity index (χ1v) is 6.52. The first-order valence-electron chi connectivity index (χ1n) is 5.32. The van der Waals surface area contributed by atoms with Gasteiger partial charge in [-0.25, -0.2) is 0 Å². The molecule has 1 aliphatic carbocycles. The van der Waals surface area contributed by atoms with Gasteiger partial charge in [-0.05, 0) is 24.3 Å². The van der Waals surface area contributed by atoms with E-state index in [4.69, 9.17) is 22.1 Å². The minimum absolute atomic E-state index is 0.365. The third-order valence-corrected chi connectivity index (χ3v) is 3.99. The Hall–Kier alpha value is -1.68. The van der Waals surface area contributed by atoms with Crippen LogP contribution in [0.15, 0.2) is 57.9 Å². The summed E-state index contributed by atoms with van der Waals surface area (Å²) in [5, 5.41) is 18.1. The quantitative estimate of drug-likeness (QED) is 0.764. The van der Waals surface area contributed by atoms with Crippen LogP contribution >= 0.6 is 23.4 Å². The van der Waals surface area contributed by atoms with Gasteiger partial charge in [-0.1, -0.05) is 41.6 Å². The molecule has 2 nitrogen and oxygen atoms in total. The molecule has 1 aromatic rings. The Balaban J connectivity index is 2.30. The van der Waals surface area contributed by atoms with Crippen LogP contribution in [0.3, 0.4) is 0 Å². The number of nitriles is 2. The van der Waals surface area contributed by atoms with Gasteiger partial charge in [0, 0.05) is 16.2 Å². The van der Waals surface area contributed by atoms with Crippen molar-refractivity contribution in [3.8, 4) is 12.1 Å². The molecule has 0 bridgehead atoms. The van der Waals surface area contributed by atoms with E-state index in [9.17, 15) is 0 Å². The fourth-order valence-corrected chi connectivity index (χ4v) is 2.97. The lowest BCUT2D eigenvalue weighted by atomic mass is 9.97. The Kier molecular flexibility index (Phi) is 3.77. The molecule has 0 radical (unpaired) electrons. The number of thioether (sulfide) groups is 1. The van der Waals surface area contributed by atoms with Crippen LogP contribution in [0, 0.1) is 22.7 Å². The second-order valence-corrected chi connectivity index (χ2v) is 5.69. The third kappa shape index (κ3) is 2.76. The first kappa shape index (κ1) is 12.8. The normalized spacial score (nSPS) is 22.4. The number of allylic oxidation sites excluding steroid dienone is 4. The molecule has 2 rings (SSSR count). The molecule has 1 atom stereocenters. The van der Waals surface area contributed by atoms with Gasteiger partial charge in [-0.15, -0.1) is 0 Å². The highest BCUT2D eigenvalue weighted by Crippen LogP contribution is 2.40. The lowest BCUT2D eigenvalue weighted by Crippen LogP contribution is -2.18. The van der Waals surface area contributed by atoms with Gasteiger partial charge in [0.2, 0.25) is 0 Å². The molecular weight excluding hydrogens is 264 g/mol. The summed E-state index contributed by atoms with van der Waals surface area (Å²) in [7, 11) is 0. The lowest BCUT2D eigenvalue weighted by molar-refractivity contribution is 0.865. The van der Waals surface area contributed by atoms with Crippen molar-refractivity contribution in [2.75, 3.05) is 0 Å². The van der Waals surface area contributed by atoms with Crippen LogP contribution in [0.25, 0.3) is 0 Å². The average molecular weight is 273 g/mol. The second kappa shape index (κ2) is 5.31. The molecule has 0 fully saturated rings. The van der Waals surface area contributed by atoms with Crippen molar-refractivity contribution in [2.24, 2.45) is 0 Å². The van der Waals surface area contributed by atoms with Crippen molar-refractivity contribution in [3.05, 3.63) is 53.0 Å². The first-order chi connectivity index (χ1) is 8.67. The summed E-state index contributed by atoms with van der Waals surface area (Å²) in [6.07, 6.45) is 3.58. The van der Waals surface area contributed by atoms with E-state index in [0.717, 1.165) is 9.80 Å². The molecule has 4 heteroatoms. The fraction of sp³-hybridized carbons (Fsp3) is 0.143. The number of hydrogen-bond acceptors (Lipinski definition) is 3. The highest BCUT2D eigenvalue weighted by atomic mass is 35.5.